The van der Waals surface area contributed by atoms with Gasteiger partial charge in [-0.3, -0.25) is 4.79 Å². The van der Waals surface area contributed by atoms with E-state index in [9.17, 15) is 9.18 Å². The Morgan fingerprint density at radius 1 is 1.00 bits per heavy atom. The van der Waals surface area contributed by atoms with Crippen LogP contribution in [0, 0.1) is 11.7 Å². The number of carbonyl (C=O) groups excluding carboxylic acids is 1. The highest BCUT2D eigenvalue weighted by atomic mass is 35.5. The number of ketones is 1. The van der Waals surface area contributed by atoms with Gasteiger partial charge in [-0.1, -0.05) is 72.3 Å². The molecule has 3 aromatic rings. The molecule has 0 bridgehead atoms. The molecule has 1 aliphatic heterocycles. The Kier molecular flexibility index (Phi) is 4.48. The molecule has 29 heavy (non-hydrogen) atoms. The Morgan fingerprint density at radius 3 is 2.55 bits per heavy atom. The van der Waals surface area contributed by atoms with Crippen molar-refractivity contribution in [2.75, 3.05) is 5.32 Å². The maximum absolute atomic E-state index is 14.6. The van der Waals surface area contributed by atoms with Gasteiger partial charge in [-0.25, -0.2) is 4.39 Å². The molecule has 0 unspecified atom stereocenters. The van der Waals surface area contributed by atoms with Gasteiger partial charge in [-0.05, 0) is 36.1 Å². The normalized spacial score (nSPS) is 21.9. The van der Waals surface area contributed by atoms with Crippen molar-refractivity contribution >= 4 is 23.1 Å². The molecule has 0 fully saturated rings. The molecule has 3 aromatic carbocycles. The molecule has 4 heteroatoms. The number of hydrogen-bond acceptors (Lipinski definition) is 2. The molecular weight excluding hydrogens is 385 g/mol. The Bertz CT molecular complexity index is 1120. The zero-order valence-corrected chi connectivity index (χ0v) is 16.4. The lowest BCUT2D eigenvalue weighted by Crippen LogP contribution is -2.31. The zero-order chi connectivity index (χ0) is 20.0. The first-order chi connectivity index (χ1) is 14.1. The predicted octanol–water partition coefficient (Wildman–Crippen LogP) is 6.54. The smallest absolute Gasteiger partial charge is 0.195 e. The summed E-state index contributed by atoms with van der Waals surface area (Å²) in [5.41, 5.74) is 3.52. The third-order valence-electron chi connectivity index (χ3n) is 5.95. The minimum Gasteiger partial charge on any atom is -0.377 e. The Balaban J connectivity index is 1.67. The van der Waals surface area contributed by atoms with Gasteiger partial charge in [0.25, 0.3) is 0 Å². The largest absolute Gasteiger partial charge is 0.377 e. The monoisotopic (exact) mass is 403 g/mol. The van der Waals surface area contributed by atoms with Gasteiger partial charge in [0, 0.05) is 33.3 Å². The third-order valence-corrected chi connectivity index (χ3v) is 6.17. The topological polar surface area (TPSA) is 29.1 Å². The maximum atomic E-state index is 14.6. The number of hydrogen-bond donors (Lipinski definition) is 1. The molecule has 0 aromatic heterocycles. The van der Waals surface area contributed by atoms with Gasteiger partial charge >= 0.3 is 0 Å². The second-order valence-electron chi connectivity index (χ2n) is 7.61. The molecule has 0 saturated carbocycles. The second kappa shape index (κ2) is 7.16. The van der Waals surface area contributed by atoms with E-state index in [1.54, 1.807) is 24.3 Å². The van der Waals surface area contributed by atoms with Crippen molar-refractivity contribution < 1.29 is 9.18 Å². The van der Waals surface area contributed by atoms with Crippen LogP contribution in [0.3, 0.4) is 0 Å². The molecule has 0 amide bonds. The number of fused-ring (bicyclic) bond motifs is 3. The second-order valence-corrected chi connectivity index (χ2v) is 8.05. The number of carbonyl (C=O) groups is 1. The summed E-state index contributed by atoms with van der Waals surface area (Å²) < 4.78 is 14.6. The summed E-state index contributed by atoms with van der Waals surface area (Å²) in [7, 11) is 0. The summed E-state index contributed by atoms with van der Waals surface area (Å²) in [4.78, 5) is 13.3. The quantitative estimate of drug-likeness (QED) is 0.397. The number of nitrogens with one attached hydrogen (secondary N) is 1. The Labute approximate surface area is 174 Å². The molecule has 0 radical (unpaired) electrons. The van der Waals surface area contributed by atoms with Gasteiger partial charge in [-0.2, -0.15) is 0 Å². The first-order valence-corrected chi connectivity index (χ1v) is 10.1. The van der Waals surface area contributed by atoms with Gasteiger partial charge in [0.1, 0.15) is 5.82 Å². The summed E-state index contributed by atoms with van der Waals surface area (Å²) in [6.07, 6.45) is 5.15. The van der Waals surface area contributed by atoms with Crippen molar-refractivity contribution in [1.29, 1.82) is 0 Å². The highest BCUT2D eigenvalue weighted by Crippen LogP contribution is 2.51. The van der Waals surface area contributed by atoms with E-state index in [1.807, 2.05) is 36.4 Å². The van der Waals surface area contributed by atoms with Crippen LogP contribution in [0.1, 0.15) is 45.4 Å². The standard InChI is InChI=1S/C25H19ClFNO/c26-16-13-20-17-10-6-11-18(17)23(19-9-4-5-12-22(19)27)28-24(20)21(14-16)25(29)15-7-2-1-3-8-15/h1-10,12-14,17-18,23,28H,11H2/t17-,18+,23-/m0/s1. The number of benzene rings is 3. The Morgan fingerprint density at radius 2 is 1.76 bits per heavy atom. The molecule has 2 aliphatic rings. The first kappa shape index (κ1) is 18.1. The van der Waals surface area contributed by atoms with Crippen LogP contribution in [0.2, 0.25) is 5.02 Å². The van der Waals surface area contributed by atoms with E-state index in [2.05, 4.69) is 17.5 Å². The lowest BCUT2D eigenvalue weighted by Gasteiger charge is -2.38. The molecule has 1 aliphatic carbocycles. The molecule has 5 rings (SSSR count). The van der Waals surface area contributed by atoms with E-state index in [-0.39, 0.29) is 29.5 Å². The summed E-state index contributed by atoms with van der Waals surface area (Å²) in [6.45, 7) is 0. The van der Waals surface area contributed by atoms with E-state index >= 15 is 0 Å². The molecule has 1 N–H and O–H groups in total. The van der Waals surface area contributed by atoms with Crippen LogP contribution >= 0.6 is 11.6 Å². The van der Waals surface area contributed by atoms with E-state index in [0.29, 0.717) is 21.7 Å². The van der Waals surface area contributed by atoms with Crippen molar-refractivity contribution in [3.63, 3.8) is 0 Å². The summed E-state index contributed by atoms with van der Waals surface area (Å²) in [5.74, 6) is -0.0528. The minimum absolute atomic E-state index is 0.0930. The molecule has 3 atom stereocenters. The van der Waals surface area contributed by atoms with E-state index < -0.39 is 0 Å². The van der Waals surface area contributed by atoms with Crippen LogP contribution in [0.25, 0.3) is 0 Å². The van der Waals surface area contributed by atoms with Gasteiger partial charge in [0.15, 0.2) is 5.78 Å². The zero-order valence-electron chi connectivity index (χ0n) is 15.6. The van der Waals surface area contributed by atoms with Crippen LogP contribution in [-0.2, 0) is 0 Å². The first-order valence-electron chi connectivity index (χ1n) is 9.74. The van der Waals surface area contributed by atoms with Gasteiger partial charge in [0.05, 0.1) is 6.04 Å². The van der Waals surface area contributed by atoms with E-state index in [1.165, 1.54) is 6.07 Å². The molecule has 0 spiro atoms. The van der Waals surface area contributed by atoms with Crippen LogP contribution in [0.4, 0.5) is 10.1 Å². The van der Waals surface area contributed by atoms with Gasteiger partial charge in [-0.15, -0.1) is 0 Å². The fraction of sp³-hybridized carbons (Fsp3) is 0.160. The lowest BCUT2D eigenvalue weighted by atomic mass is 9.75. The fourth-order valence-electron chi connectivity index (χ4n) is 4.62. The number of allylic oxidation sites excluding steroid dienone is 2. The fourth-order valence-corrected chi connectivity index (χ4v) is 4.85. The van der Waals surface area contributed by atoms with Crippen molar-refractivity contribution in [2.24, 2.45) is 5.92 Å². The van der Waals surface area contributed by atoms with Gasteiger partial charge < -0.3 is 5.32 Å². The van der Waals surface area contributed by atoms with Crippen LogP contribution in [-0.4, -0.2) is 5.78 Å². The van der Waals surface area contributed by atoms with Crippen molar-refractivity contribution in [1.82, 2.24) is 0 Å². The number of anilines is 1. The minimum atomic E-state index is -0.232. The highest BCUT2D eigenvalue weighted by Gasteiger charge is 2.40. The van der Waals surface area contributed by atoms with Crippen LogP contribution in [0.15, 0.2) is 78.9 Å². The lowest BCUT2D eigenvalue weighted by molar-refractivity contribution is 0.103. The molecular formula is C25H19ClFNO. The Hall–Kier alpha value is -2.91. The van der Waals surface area contributed by atoms with Crippen molar-refractivity contribution in [3.8, 4) is 0 Å². The average molecular weight is 404 g/mol. The summed E-state index contributed by atoms with van der Waals surface area (Å²) in [6, 6.07) is 19.4. The summed E-state index contributed by atoms with van der Waals surface area (Å²) >= 11 is 6.42. The van der Waals surface area contributed by atoms with Crippen molar-refractivity contribution in [2.45, 2.75) is 18.4 Å². The summed E-state index contributed by atoms with van der Waals surface area (Å²) in [5, 5.41) is 4.05. The predicted molar refractivity (Wildman–Crippen MR) is 114 cm³/mol. The molecule has 144 valence electrons. The van der Waals surface area contributed by atoms with E-state index in [0.717, 1.165) is 17.7 Å². The van der Waals surface area contributed by atoms with Crippen molar-refractivity contribution in [3.05, 3.63) is 112 Å². The number of halogens is 2. The SMILES string of the molecule is O=C(c1ccccc1)c1cc(Cl)cc2c1N[C@H](c1ccccc1F)[C@@H]1CC=C[C@H]21. The van der Waals surface area contributed by atoms with Crippen LogP contribution in [0.5, 0.6) is 0 Å². The average Bonchev–Trinajstić information content (AvgIpc) is 3.24. The maximum Gasteiger partial charge on any atom is 0.195 e. The third kappa shape index (κ3) is 3.06. The highest BCUT2D eigenvalue weighted by molar-refractivity contribution is 6.31. The van der Waals surface area contributed by atoms with Crippen LogP contribution < -0.4 is 5.32 Å². The van der Waals surface area contributed by atoms with E-state index in [4.69, 9.17) is 11.6 Å². The molecule has 1 heterocycles. The van der Waals surface area contributed by atoms with Gasteiger partial charge in [0.2, 0.25) is 0 Å². The molecule has 0 saturated heterocycles. The number of rotatable bonds is 3. The molecule has 2 nitrogen and oxygen atoms in total.